The quantitative estimate of drug-likeness (QED) is 0.411. The second kappa shape index (κ2) is 11.7. The number of aromatic nitrogens is 2. The molecule has 0 fully saturated rings. The van der Waals surface area contributed by atoms with E-state index in [1.54, 1.807) is 28.8 Å². The number of rotatable bonds is 8. The lowest BCUT2D eigenvalue weighted by Crippen LogP contribution is -2.42. The molecule has 1 aliphatic heterocycles. The van der Waals surface area contributed by atoms with Crippen LogP contribution in [0.3, 0.4) is 0 Å². The predicted molar refractivity (Wildman–Crippen MR) is 150 cm³/mol. The second-order valence-electron chi connectivity index (χ2n) is 10.5. The molecular formula is C29H35FN4O3S. The number of hydrogen-bond acceptors (Lipinski definition) is 5. The first-order chi connectivity index (χ1) is 18.1. The summed E-state index contributed by atoms with van der Waals surface area (Å²) in [6.45, 7) is 9.13. The smallest absolute Gasteiger partial charge is 0.240 e. The zero-order chi connectivity index (χ0) is 27.4. The second-order valence-corrected chi connectivity index (χ2v) is 11.6. The fourth-order valence-electron chi connectivity index (χ4n) is 4.56. The van der Waals surface area contributed by atoms with E-state index >= 15 is 0 Å². The average molecular weight is 539 g/mol. The van der Waals surface area contributed by atoms with Gasteiger partial charge < -0.3 is 10.1 Å². The number of carbonyl (C=O) groups is 2. The van der Waals surface area contributed by atoms with E-state index in [0.29, 0.717) is 25.4 Å². The normalized spacial score (nSPS) is 15.8. The molecule has 38 heavy (non-hydrogen) atoms. The summed E-state index contributed by atoms with van der Waals surface area (Å²) < 4.78 is 20.7. The Bertz CT molecular complexity index is 1300. The number of aryl methyl sites for hydroxylation is 1. The van der Waals surface area contributed by atoms with Gasteiger partial charge in [-0.1, -0.05) is 45.0 Å². The van der Waals surface area contributed by atoms with Crippen molar-refractivity contribution in [2.45, 2.75) is 44.8 Å². The van der Waals surface area contributed by atoms with E-state index in [1.807, 2.05) is 31.2 Å². The lowest BCUT2D eigenvalue weighted by molar-refractivity contribution is -0.122. The van der Waals surface area contributed by atoms with Crippen LogP contribution in [0.25, 0.3) is 5.69 Å². The molecule has 2 amide bonds. The van der Waals surface area contributed by atoms with Gasteiger partial charge in [0.25, 0.3) is 0 Å². The molecule has 0 unspecified atom stereocenters. The van der Waals surface area contributed by atoms with Gasteiger partial charge in [-0.3, -0.25) is 14.5 Å². The van der Waals surface area contributed by atoms with E-state index in [2.05, 4.69) is 26.1 Å². The van der Waals surface area contributed by atoms with E-state index in [9.17, 15) is 14.0 Å². The summed E-state index contributed by atoms with van der Waals surface area (Å²) in [5, 5.41) is 7.71. The number of hydrogen-bond donors (Lipinski definition) is 1. The third kappa shape index (κ3) is 6.10. The molecule has 2 heterocycles. The molecule has 7 nitrogen and oxygen atoms in total. The van der Waals surface area contributed by atoms with E-state index in [-0.39, 0.29) is 40.6 Å². The van der Waals surface area contributed by atoms with Gasteiger partial charge >= 0.3 is 0 Å². The number of benzene rings is 2. The molecule has 3 aromatic rings. The number of amides is 2. The van der Waals surface area contributed by atoms with Gasteiger partial charge in [0, 0.05) is 31.2 Å². The Kier molecular flexibility index (Phi) is 8.57. The topological polar surface area (TPSA) is 76.5 Å². The van der Waals surface area contributed by atoms with Crippen LogP contribution in [0.15, 0.2) is 48.5 Å². The first-order valence-corrected chi connectivity index (χ1v) is 13.8. The zero-order valence-corrected chi connectivity index (χ0v) is 23.4. The molecule has 202 valence electrons. The van der Waals surface area contributed by atoms with Crippen LogP contribution >= 0.6 is 11.8 Å². The number of fused-ring (bicyclic) bond motifs is 1. The molecule has 0 aliphatic carbocycles. The number of anilines is 1. The third-order valence-electron chi connectivity index (χ3n) is 6.37. The maximum atomic E-state index is 13.8. The van der Waals surface area contributed by atoms with Gasteiger partial charge in [-0.15, -0.1) is 11.8 Å². The Morgan fingerprint density at radius 2 is 1.95 bits per heavy atom. The third-order valence-corrected chi connectivity index (χ3v) is 7.62. The molecule has 0 saturated heterocycles. The minimum Gasteiger partial charge on any atom is -0.385 e. The van der Waals surface area contributed by atoms with Crippen molar-refractivity contribution in [1.29, 1.82) is 0 Å². The standard InChI is InChI=1S/C29H35FN4O3S/c1-19-8-6-9-22(16-19)34-28-25(27(32-34)29(2,3)4)26(20-10-12-21(30)13-11-20)38-18-24(36)33(28)17-23(35)31-14-7-15-37-5/h6,8-13,16,26H,7,14-15,17-18H2,1-5H3,(H,31,35)/t26-/m1/s1. The largest absolute Gasteiger partial charge is 0.385 e. The number of thioether (sulfide) groups is 1. The maximum Gasteiger partial charge on any atom is 0.240 e. The molecule has 0 bridgehead atoms. The molecule has 1 aromatic heterocycles. The maximum absolute atomic E-state index is 13.8. The molecule has 1 atom stereocenters. The highest BCUT2D eigenvalue weighted by molar-refractivity contribution is 8.00. The highest BCUT2D eigenvalue weighted by Gasteiger charge is 2.39. The molecule has 1 N–H and O–H groups in total. The van der Waals surface area contributed by atoms with E-state index in [1.165, 1.54) is 23.9 Å². The molecule has 4 rings (SSSR count). The van der Waals surface area contributed by atoms with Crippen LogP contribution in [-0.4, -0.2) is 54.2 Å². The van der Waals surface area contributed by atoms with Crippen molar-refractivity contribution in [3.05, 3.63) is 76.7 Å². The Labute approximate surface area is 227 Å². The van der Waals surface area contributed by atoms with Gasteiger partial charge in [-0.05, 0) is 48.7 Å². The van der Waals surface area contributed by atoms with Crippen molar-refractivity contribution < 1.29 is 18.7 Å². The molecule has 0 saturated carbocycles. The molecule has 2 aromatic carbocycles. The highest BCUT2D eigenvalue weighted by atomic mass is 32.2. The minimum absolute atomic E-state index is 0.128. The molecule has 0 spiro atoms. The van der Waals surface area contributed by atoms with Crippen molar-refractivity contribution in [2.75, 3.05) is 37.5 Å². The first kappa shape index (κ1) is 27.9. The Morgan fingerprint density at radius 3 is 2.61 bits per heavy atom. The lowest BCUT2D eigenvalue weighted by atomic mass is 9.87. The number of methoxy groups -OCH3 is 1. The molecule has 0 radical (unpaired) electrons. The van der Waals surface area contributed by atoms with Crippen LogP contribution in [0.2, 0.25) is 0 Å². The first-order valence-electron chi connectivity index (χ1n) is 12.7. The number of ether oxygens (including phenoxy) is 1. The summed E-state index contributed by atoms with van der Waals surface area (Å²) in [6.07, 6.45) is 0.680. The van der Waals surface area contributed by atoms with Crippen LogP contribution in [0.5, 0.6) is 0 Å². The number of halogens is 1. The highest BCUT2D eigenvalue weighted by Crippen LogP contribution is 2.48. The van der Waals surface area contributed by atoms with Gasteiger partial charge in [0.05, 0.1) is 22.4 Å². The van der Waals surface area contributed by atoms with Crippen LogP contribution in [0.4, 0.5) is 10.2 Å². The fourth-order valence-corrected chi connectivity index (χ4v) is 5.76. The van der Waals surface area contributed by atoms with Crippen LogP contribution in [-0.2, 0) is 19.7 Å². The number of carbonyl (C=O) groups excluding carboxylic acids is 2. The summed E-state index contributed by atoms with van der Waals surface area (Å²) in [7, 11) is 1.62. The lowest BCUT2D eigenvalue weighted by Gasteiger charge is -2.24. The van der Waals surface area contributed by atoms with Crippen molar-refractivity contribution in [3.63, 3.8) is 0 Å². The summed E-state index contributed by atoms with van der Waals surface area (Å²) in [6, 6.07) is 14.3. The predicted octanol–water partition coefficient (Wildman–Crippen LogP) is 4.94. The average Bonchev–Trinajstić information content (AvgIpc) is 3.21. The Hall–Kier alpha value is -3.17. The van der Waals surface area contributed by atoms with Crippen molar-refractivity contribution in [3.8, 4) is 5.69 Å². The van der Waals surface area contributed by atoms with Crippen molar-refractivity contribution >= 4 is 29.4 Å². The van der Waals surface area contributed by atoms with Crippen LogP contribution in [0, 0.1) is 12.7 Å². The summed E-state index contributed by atoms with van der Waals surface area (Å²) in [4.78, 5) is 28.2. The van der Waals surface area contributed by atoms with Crippen molar-refractivity contribution in [1.82, 2.24) is 15.1 Å². The van der Waals surface area contributed by atoms with Gasteiger partial charge in [0.2, 0.25) is 11.8 Å². The summed E-state index contributed by atoms with van der Waals surface area (Å²) >= 11 is 1.48. The van der Waals surface area contributed by atoms with Gasteiger partial charge in [-0.25, -0.2) is 9.07 Å². The summed E-state index contributed by atoms with van der Waals surface area (Å²) in [5.74, 6) is 0.00590. The Morgan fingerprint density at radius 1 is 1.21 bits per heavy atom. The zero-order valence-electron chi connectivity index (χ0n) is 22.6. The molecular weight excluding hydrogens is 503 g/mol. The van der Waals surface area contributed by atoms with E-state index in [0.717, 1.165) is 28.1 Å². The molecule has 1 aliphatic rings. The molecule has 9 heteroatoms. The van der Waals surface area contributed by atoms with Crippen LogP contribution in [0.1, 0.15) is 54.8 Å². The Balaban J connectivity index is 1.90. The van der Waals surface area contributed by atoms with Crippen molar-refractivity contribution in [2.24, 2.45) is 0 Å². The number of nitrogens with zero attached hydrogens (tertiary/aromatic N) is 3. The van der Waals surface area contributed by atoms with E-state index in [4.69, 9.17) is 9.84 Å². The van der Waals surface area contributed by atoms with Gasteiger partial charge in [0.1, 0.15) is 18.2 Å². The SMILES string of the molecule is COCCCNC(=O)CN1C(=O)CS[C@H](c2ccc(F)cc2)c2c(C(C)(C)C)nn(-c3cccc(C)c3)c21. The van der Waals surface area contributed by atoms with E-state index < -0.39 is 0 Å². The number of nitrogens with one attached hydrogen (secondary N) is 1. The fraction of sp³-hybridized carbons (Fsp3) is 0.414. The van der Waals surface area contributed by atoms with Gasteiger partial charge in [-0.2, -0.15) is 5.10 Å². The summed E-state index contributed by atoms with van der Waals surface area (Å²) in [5.41, 5.74) is 4.07. The van der Waals surface area contributed by atoms with Gasteiger partial charge in [0.15, 0.2) is 0 Å². The monoisotopic (exact) mass is 538 g/mol. The minimum atomic E-state index is -0.362. The van der Waals surface area contributed by atoms with Crippen LogP contribution < -0.4 is 10.2 Å².